The third-order valence-corrected chi connectivity index (χ3v) is 6.91. The Morgan fingerprint density at radius 3 is 2.52 bits per heavy atom. The van der Waals surface area contributed by atoms with E-state index in [0.29, 0.717) is 42.0 Å². The summed E-state index contributed by atoms with van der Waals surface area (Å²) < 4.78 is 46.4. The van der Waals surface area contributed by atoms with Gasteiger partial charge in [0.05, 0.1) is 18.4 Å². The number of amides is 2. The second kappa shape index (κ2) is 10.9. The number of rotatable bonds is 8. The molecule has 5 nitrogen and oxygen atoms in total. The van der Waals surface area contributed by atoms with E-state index in [4.69, 9.17) is 16.3 Å². The fraction of sp³-hybridized carbons (Fsp3) is 0.625. The molecule has 0 radical (unpaired) electrons. The Labute approximate surface area is 196 Å². The van der Waals surface area contributed by atoms with Crippen LogP contribution >= 0.6 is 11.6 Å². The lowest BCUT2D eigenvalue weighted by Gasteiger charge is -2.44. The molecule has 1 saturated heterocycles. The molecule has 0 spiro atoms. The number of alkyl halides is 3. The van der Waals surface area contributed by atoms with E-state index in [-0.39, 0.29) is 13.0 Å². The van der Waals surface area contributed by atoms with Crippen LogP contribution in [0.4, 0.5) is 13.2 Å². The van der Waals surface area contributed by atoms with Crippen molar-refractivity contribution in [3.8, 4) is 0 Å². The van der Waals surface area contributed by atoms with Crippen molar-refractivity contribution in [3.63, 3.8) is 0 Å². The van der Waals surface area contributed by atoms with E-state index >= 15 is 0 Å². The topological polar surface area (TPSA) is 63.7 Å². The van der Waals surface area contributed by atoms with Crippen LogP contribution in [0.15, 0.2) is 24.3 Å². The highest BCUT2D eigenvalue weighted by molar-refractivity contribution is 6.30. The van der Waals surface area contributed by atoms with Gasteiger partial charge in [0, 0.05) is 11.4 Å². The molecular weight excluding hydrogens is 459 g/mol. The van der Waals surface area contributed by atoms with Gasteiger partial charge in [-0.2, -0.15) is 13.2 Å². The Balaban J connectivity index is 1.73. The van der Waals surface area contributed by atoms with Crippen LogP contribution in [-0.4, -0.2) is 41.5 Å². The van der Waals surface area contributed by atoms with Gasteiger partial charge < -0.3 is 4.74 Å². The van der Waals surface area contributed by atoms with E-state index in [1.54, 1.807) is 25.1 Å². The summed E-state index contributed by atoms with van der Waals surface area (Å²) in [7, 11) is 0. The number of halogens is 4. The van der Waals surface area contributed by atoms with Gasteiger partial charge >= 0.3 is 12.1 Å². The zero-order chi connectivity index (χ0) is 24.2. The van der Waals surface area contributed by atoms with E-state index in [0.717, 1.165) is 12.0 Å². The molecule has 2 amide bonds. The number of β-lactam (4-membered cyclic amide) rings is 1. The van der Waals surface area contributed by atoms with Gasteiger partial charge in [0.25, 0.3) is 0 Å². The molecule has 3 rings (SSSR count). The second-order valence-electron chi connectivity index (χ2n) is 8.82. The molecule has 1 aromatic carbocycles. The SMILES string of the molecule is CCOC(=O)[C@@H]1[C@@H](CCc2cccc(Cl)c2)C(=O)N1C(=O)C[C@@H](C1CCCCC1)C(F)(F)F. The predicted octanol–water partition coefficient (Wildman–Crippen LogP) is 5.34. The normalized spacial score (nSPS) is 22.6. The van der Waals surface area contributed by atoms with Crippen molar-refractivity contribution in [1.82, 2.24) is 4.90 Å². The molecule has 2 fully saturated rings. The molecule has 0 aromatic heterocycles. The smallest absolute Gasteiger partial charge is 0.392 e. The zero-order valence-corrected chi connectivity index (χ0v) is 19.3. The number of ether oxygens (including phenoxy) is 1. The predicted molar refractivity (Wildman–Crippen MR) is 116 cm³/mol. The summed E-state index contributed by atoms with van der Waals surface area (Å²) in [6, 6.07) is 5.86. The van der Waals surface area contributed by atoms with E-state index < -0.39 is 54.2 Å². The molecule has 9 heteroatoms. The summed E-state index contributed by atoms with van der Waals surface area (Å²) in [4.78, 5) is 38.9. The minimum absolute atomic E-state index is 0.0415. The first-order valence-electron chi connectivity index (χ1n) is 11.5. The molecule has 1 aromatic rings. The lowest BCUT2D eigenvalue weighted by atomic mass is 9.77. The van der Waals surface area contributed by atoms with Crippen LogP contribution in [0.2, 0.25) is 5.02 Å². The third-order valence-electron chi connectivity index (χ3n) is 6.68. The Morgan fingerprint density at radius 1 is 1.21 bits per heavy atom. The van der Waals surface area contributed by atoms with Gasteiger partial charge in [-0.15, -0.1) is 0 Å². The van der Waals surface area contributed by atoms with E-state index in [1.807, 2.05) is 6.07 Å². The van der Waals surface area contributed by atoms with E-state index in [2.05, 4.69) is 0 Å². The highest BCUT2D eigenvalue weighted by atomic mass is 35.5. The van der Waals surface area contributed by atoms with Crippen molar-refractivity contribution >= 4 is 29.4 Å². The van der Waals surface area contributed by atoms with Crippen LogP contribution in [-0.2, 0) is 25.5 Å². The van der Waals surface area contributed by atoms with Gasteiger partial charge in [0.1, 0.15) is 6.04 Å². The van der Waals surface area contributed by atoms with Crippen LogP contribution < -0.4 is 0 Å². The molecule has 1 aliphatic carbocycles. The minimum atomic E-state index is -4.54. The average molecular weight is 488 g/mol. The highest BCUT2D eigenvalue weighted by Gasteiger charge is 2.56. The van der Waals surface area contributed by atoms with Crippen molar-refractivity contribution in [2.75, 3.05) is 6.61 Å². The first kappa shape index (κ1) is 25.5. The summed E-state index contributed by atoms with van der Waals surface area (Å²) in [5.74, 6) is -5.60. The Bertz CT molecular complexity index is 870. The number of benzene rings is 1. The van der Waals surface area contributed by atoms with Gasteiger partial charge in [-0.05, 0) is 56.2 Å². The van der Waals surface area contributed by atoms with E-state index in [1.165, 1.54) is 0 Å². The van der Waals surface area contributed by atoms with Crippen molar-refractivity contribution in [2.24, 2.45) is 17.8 Å². The monoisotopic (exact) mass is 487 g/mol. The van der Waals surface area contributed by atoms with Crippen molar-refractivity contribution in [1.29, 1.82) is 0 Å². The number of hydrogen-bond donors (Lipinski definition) is 0. The number of likely N-dealkylation sites (tertiary alicyclic amines) is 1. The quantitative estimate of drug-likeness (QED) is 0.367. The number of carbonyl (C=O) groups excluding carboxylic acids is 3. The molecule has 1 aliphatic heterocycles. The second-order valence-corrected chi connectivity index (χ2v) is 9.26. The van der Waals surface area contributed by atoms with E-state index in [9.17, 15) is 27.6 Å². The fourth-order valence-corrected chi connectivity index (χ4v) is 5.21. The van der Waals surface area contributed by atoms with Crippen LogP contribution in [0.1, 0.15) is 57.4 Å². The summed E-state index contributed by atoms with van der Waals surface area (Å²) in [6.07, 6.45) is -1.56. The maximum atomic E-state index is 13.8. The van der Waals surface area contributed by atoms with Gasteiger partial charge in [-0.1, -0.05) is 43.0 Å². The highest BCUT2D eigenvalue weighted by Crippen LogP contribution is 2.43. The molecule has 1 heterocycles. The first-order valence-corrected chi connectivity index (χ1v) is 11.8. The fourth-order valence-electron chi connectivity index (χ4n) is 4.99. The summed E-state index contributed by atoms with van der Waals surface area (Å²) in [6.45, 7) is 1.63. The van der Waals surface area contributed by atoms with Gasteiger partial charge in [0.2, 0.25) is 11.8 Å². The van der Waals surface area contributed by atoms with Gasteiger partial charge in [-0.3, -0.25) is 14.5 Å². The summed E-state index contributed by atoms with van der Waals surface area (Å²) in [5.41, 5.74) is 0.858. The number of esters is 1. The van der Waals surface area contributed by atoms with Crippen molar-refractivity contribution in [2.45, 2.75) is 70.5 Å². The largest absolute Gasteiger partial charge is 0.464 e. The molecule has 182 valence electrons. The minimum Gasteiger partial charge on any atom is -0.464 e. The Kier molecular flexibility index (Phi) is 8.43. The molecule has 0 N–H and O–H groups in total. The van der Waals surface area contributed by atoms with Crippen LogP contribution in [0, 0.1) is 17.8 Å². The van der Waals surface area contributed by atoms with Crippen LogP contribution in [0.5, 0.6) is 0 Å². The van der Waals surface area contributed by atoms with Crippen LogP contribution in [0.25, 0.3) is 0 Å². The maximum Gasteiger partial charge on any atom is 0.392 e. The zero-order valence-electron chi connectivity index (χ0n) is 18.6. The molecule has 0 bridgehead atoms. The van der Waals surface area contributed by atoms with Crippen LogP contribution in [0.3, 0.4) is 0 Å². The Morgan fingerprint density at radius 2 is 1.91 bits per heavy atom. The van der Waals surface area contributed by atoms with Crippen molar-refractivity contribution < 1.29 is 32.3 Å². The number of nitrogens with zero attached hydrogens (tertiary/aromatic N) is 1. The molecule has 0 unspecified atom stereocenters. The summed E-state index contributed by atoms with van der Waals surface area (Å²) in [5, 5.41) is 0.534. The lowest BCUT2D eigenvalue weighted by Crippen LogP contribution is -2.67. The molecule has 2 aliphatic rings. The number of carbonyl (C=O) groups is 3. The van der Waals surface area contributed by atoms with Gasteiger partial charge in [-0.25, -0.2) is 4.79 Å². The third kappa shape index (κ3) is 6.08. The standard InChI is InChI=1S/C24H29ClF3NO4/c1-2-33-23(32)21-18(12-11-15-7-6-10-17(25)13-15)22(31)29(21)20(30)14-19(24(26,27)28)16-8-4-3-5-9-16/h6-7,10,13,16,18-19,21H,2-5,8-9,11-12,14H2,1H3/t18-,19+,21+/m1/s1. The first-order chi connectivity index (χ1) is 15.6. The Hall–Kier alpha value is -2.09. The average Bonchev–Trinajstić information content (AvgIpc) is 2.75. The number of hydrogen-bond acceptors (Lipinski definition) is 4. The molecule has 33 heavy (non-hydrogen) atoms. The number of imide groups is 1. The maximum absolute atomic E-state index is 13.8. The summed E-state index contributed by atoms with van der Waals surface area (Å²) >= 11 is 5.99. The van der Waals surface area contributed by atoms with Gasteiger partial charge in [0.15, 0.2) is 0 Å². The molecule has 3 atom stereocenters. The molecular formula is C24H29ClF3NO4. The van der Waals surface area contributed by atoms with Crippen molar-refractivity contribution in [3.05, 3.63) is 34.9 Å². The molecule has 1 saturated carbocycles. The number of aryl methyl sites for hydroxylation is 1. The lowest BCUT2D eigenvalue weighted by molar-refractivity contribution is -0.201.